The molecule has 0 bridgehead atoms. The molecule has 0 fully saturated rings. The van der Waals surface area contributed by atoms with Crippen molar-refractivity contribution in [2.75, 3.05) is 0 Å². The van der Waals surface area contributed by atoms with Crippen LogP contribution in [-0.4, -0.2) is 0 Å². The highest BCUT2D eigenvalue weighted by Crippen LogP contribution is 2.40. The van der Waals surface area contributed by atoms with Crippen LogP contribution >= 0.6 is 22.7 Å². The van der Waals surface area contributed by atoms with Crippen LogP contribution in [-0.2, 0) is 6.42 Å². The van der Waals surface area contributed by atoms with E-state index in [-0.39, 0.29) is 0 Å². The zero-order chi connectivity index (χ0) is 18.9. The summed E-state index contributed by atoms with van der Waals surface area (Å²) in [4.78, 5) is 0. The van der Waals surface area contributed by atoms with Gasteiger partial charge >= 0.3 is 0 Å². The molecule has 2 aromatic heterocycles. The molecule has 0 aliphatic carbocycles. The highest BCUT2D eigenvalue weighted by Gasteiger charge is 2.13. The minimum atomic E-state index is 1.19. The van der Waals surface area contributed by atoms with Crippen molar-refractivity contribution in [3.63, 3.8) is 0 Å². The van der Waals surface area contributed by atoms with E-state index in [0.29, 0.717) is 0 Å². The summed E-state index contributed by atoms with van der Waals surface area (Å²) in [6.07, 6.45) is 9.31. The van der Waals surface area contributed by atoms with Crippen molar-refractivity contribution in [3.8, 4) is 0 Å². The van der Waals surface area contributed by atoms with Crippen molar-refractivity contribution >= 4 is 64.4 Å². The van der Waals surface area contributed by atoms with E-state index in [4.69, 9.17) is 0 Å². The van der Waals surface area contributed by atoms with Gasteiger partial charge in [0, 0.05) is 20.2 Å². The van der Waals surface area contributed by atoms with E-state index in [0.717, 1.165) is 0 Å². The van der Waals surface area contributed by atoms with Crippen molar-refractivity contribution in [3.05, 3.63) is 58.8 Å². The van der Waals surface area contributed by atoms with Crippen LogP contribution in [0.5, 0.6) is 0 Å². The van der Waals surface area contributed by atoms with E-state index >= 15 is 0 Å². The predicted octanol–water partition coefficient (Wildman–Crippen LogP) is 9.33. The minimum Gasteiger partial charge on any atom is -0.143 e. The third kappa shape index (κ3) is 3.13. The molecule has 0 nitrogen and oxygen atoms in total. The molecule has 0 saturated heterocycles. The number of hydrogen-bond acceptors (Lipinski definition) is 2. The molecule has 0 aliphatic heterocycles. The first kappa shape index (κ1) is 18.1. The lowest BCUT2D eigenvalue weighted by molar-refractivity contribution is 0.608. The summed E-state index contributed by atoms with van der Waals surface area (Å²) in [7, 11) is 0. The van der Waals surface area contributed by atoms with E-state index in [9.17, 15) is 0 Å². The topological polar surface area (TPSA) is 0 Å². The molecular weight excluding hydrogens is 376 g/mol. The van der Waals surface area contributed by atoms with Crippen molar-refractivity contribution in [1.29, 1.82) is 0 Å². The number of thiophene rings is 2. The van der Waals surface area contributed by atoms with E-state index in [2.05, 4.69) is 60.1 Å². The lowest BCUT2D eigenvalue weighted by Crippen LogP contribution is -1.91. The number of unbranched alkanes of at least 4 members (excludes halogenated alkanes) is 5. The van der Waals surface area contributed by atoms with Gasteiger partial charge in [0.15, 0.2) is 0 Å². The molecule has 0 saturated carbocycles. The Morgan fingerprint density at radius 3 is 2.14 bits per heavy atom. The first-order chi connectivity index (χ1) is 13.9. The fourth-order valence-electron chi connectivity index (χ4n) is 4.55. The molecule has 0 spiro atoms. The first-order valence-electron chi connectivity index (χ1n) is 10.6. The van der Waals surface area contributed by atoms with E-state index in [1.165, 1.54) is 86.7 Å². The molecular formula is C26H26S2. The standard InChI is InChI=1S/C26H26S2/c1-2-3-4-5-6-7-8-20-17-23-21(11-9-18-13-15-27-25(18)23)22-12-10-19-14-16-28-26(19)24(20)22/h9-17H,2-8H2,1H3. The largest absolute Gasteiger partial charge is 0.143 e. The van der Waals surface area contributed by atoms with Gasteiger partial charge in [0.2, 0.25) is 0 Å². The Balaban J connectivity index is 1.65. The molecule has 0 radical (unpaired) electrons. The van der Waals surface area contributed by atoms with Crippen molar-refractivity contribution in [1.82, 2.24) is 0 Å². The van der Waals surface area contributed by atoms with E-state index < -0.39 is 0 Å². The molecule has 5 aromatic rings. The Morgan fingerprint density at radius 2 is 1.32 bits per heavy atom. The normalized spacial score (nSPS) is 12.0. The second-order valence-corrected chi connectivity index (χ2v) is 9.71. The summed E-state index contributed by atoms with van der Waals surface area (Å²) in [6.45, 7) is 2.29. The summed E-state index contributed by atoms with van der Waals surface area (Å²) in [5.41, 5.74) is 1.55. The first-order valence-corrected chi connectivity index (χ1v) is 12.3. The molecule has 0 amide bonds. The SMILES string of the molecule is CCCCCCCCc1cc2c(ccc3ccsc32)c2ccc3ccsc3c12. The summed E-state index contributed by atoms with van der Waals surface area (Å²) >= 11 is 3.78. The van der Waals surface area contributed by atoms with E-state index in [1.807, 2.05) is 22.7 Å². The Morgan fingerprint density at radius 1 is 0.643 bits per heavy atom. The highest BCUT2D eigenvalue weighted by molar-refractivity contribution is 7.18. The monoisotopic (exact) mass is 402 g/mol. The lowest BCUT2D eigenvalue weighted by atomic mass is 9.93. The van der Waals surface area contributed by atoms with Crippen LogP contribution < -0.4 is 0 Å². The van der Waals surface area contributed by atoms with Gasteiger partial charge in [-0.3, -0.25) is 0 Å². The fraction of sp³-hybridized carbons (Fsp3) is 0.308. The molecule has 0 aliphatic rings. The molecule has 2 heterocycles. The van der Waals surface area contributed by atoms with E-state index in [1.54, 1.807) is 5.56 Å². The maximum atomic E-state index is 2.52. The molecule has 142 valence electrons. The second kappa shape index (κ2) is 7.85. The predicted molar refractivity (Wildman–Crippen MR) is 129 cm³/mol. The number of hydrogen-bond donors (Lipinski definition) is 0. The zero-order valence-electron chi connectivity index (χ0n) is 16.5. The van der Waals surface area contributed by atoms with Gasteiger partial charge in [0.05, 0.1) is 0 Å². The summed E-state index contributed by atoms with van der Waals surface area (Å²) in [6, 6.07) is 16.3. The van der Waals surface area contributed by atoms with Crippen LogP contribution in [0.4, 0.5) is 0 Å². The Bertz CT molecular complexity index is 1260. The number of benzene rings is 3. The van der Waals surface area contributed by atoms with Gasteiger partial charge in [-0.05, 0) is 68.9 Å². The maximum absolute atomic E-state index is 2.52. The van der Waals surface area contributed by atoms with Crippen LogP contribution in [0, 0.1) is 0 Å². The zero-order valence-corrected chi connectivity index (χ0v) is 18.1. The van der Waals surface area contributed by atoms with Crippen LogP contribution in [0.15, 0.2) is 53.2 Å². The van der Waals surface area contributed by atoms with Gasteiger partial charge in [-0.25, -0.2) is 0 Å². The fourth-order valence-corrected chi connectivity index (χ4v) is 6.45. The van der Waals surface area contributed by atoms with Crippen LogP contribution in [0.1, 0.15) is 51.0 Å². The van der Waals surface area contributed by atoms with Gasteiger partial charge in [-0.2, -0.15) is 0 Å². The quantitative estimate of drug-likeness (QED) is 0.188. The molecule has 5 rings (SSSR count). The molecule has 0 unspecified atom stereocenters. The smallest absolute Gasteiger partial charge is 0.0424 e. The van der Waals surface area contributed by atoms with Crippen LogP contribution in [0.25, 0.3) is 41.7 Å². The average molecular weight is 403 g/mol. The van der Waals surface area contributed by atoms with Gasteiger partial charge in [0.1, 0.15) is 0 Å². The van der Waals surface area contributed by atoms with Gasteiger partial charge in [0.25, 0.3) is 0 Å². The molecule has 2 heteroatoms. The third-order valence-corrected chi connectivity index (χ3v) is 7.92. The highest BCUT2D eigenvalue weighted by atomic mass is 32.1. The lowest BCUT2D eigenvalue weighted by Gasteiger charge is -2.13. The minimum absolute atomic E-state index is 1.19. The van der Waals surface area contributed by atoms with Crippen LogP contribution in [0.2, 0.25) is 0 Å². The number of fused-ring (bicyclic) bond motifs is 7. The second-order valence-electron chi connectivity index (χ2n) is 7.88. The Labute approximate surface area is 174 Å². The molecule has 0 N–H and O–H groups in total. The van der Waals surface area contributed by atoms with Crippen molar-refractivity contribution in [2.45, 2.75) is 51.9 Å². The summed E-state index contributed by atoms with van der Waals surface area (Å²) in [5, 5.41) is 13.0. The maximum Gasteiger partial charge on any atom is 0.0424 e. The Kier molecular flexibility index (Phi) is 5.09. The Hall–Kier alpha value is -1.90. The average Bonchev–Trinajstić information content (AvgIpc) is 3.39. The number of aryl methyl sites for hydroxylation is 1. The van der Waals surface area contributed by atoms with Gasteiger partial charge in [-0.15, -0.1) is 22.7 Å². The third-order valence-electron chi connectivity index (χ3n) is 6.01. The summed E-state index contributed by atoms with van der Waals surface area (Å²) < 4.78 is 2.90. The van der Waals surface area contributed by atoms with Crippen molar-refractivity contribution < 1.29 is 0 Å². The molecule has 0 atom stereocenters. The van der Waals surface area contributed by atoms with Gasteiger partial charge in [-0.1, -0.05) is 63.3 Å². The van der Waals surface area contributed by atoms with Crippen LogP contribution in [0.3, 0.4) is 0 Å². The summed E-state index contributed by atoms with van der Waals surface area (Å²) in [5.74, 6) is 0. The number of rotatable bonds is 7. The van der Waals surface area contributed by atoms with Crippen molar-refractivity contribution in [2.24, 2.45) is 0 Å². The molecule has 28 heavy (non-hydrogen) atoms. The van der Waals surface area contributed by atoms with Gasteiger partial charge < -0.3 is 0 Å². The molecule has 3 aromatic carbocycles.